The lowest BCUT2D eigenvalue weighted by Crippen LogP contribution is -2.51. The Hall–Kier alpha value is -1.04. The van der Waals surface area contributed by atoms with Crippen molar-refractivity contribution in [1.82, 2.24) is 0 Å². The predicted molar refractivity (Wildman–Crippen MR) is 194 cm³/mol. The average molecular weight is 667 g/mol. The van der Waals surface area contributed by atoms with E-state index in [1.54, 1.807) is 7.11 Å². The lowest BCUT2D eigenvalue weighted by atomic mass is 9.85. The zero-order chi connectivity index (χ0) is 34.5. The summed E-state index contributed by atoms with van der Waals surface area (Å²) < 4.78 is 32.2. The first-order chi connectivity index (χ1) is 20.9. The zero-order valence-corrected chi connectivity index (χ0v) is 33.6. The lowest BCUT2D eigenvalue weighted by molar-refractivity contribution is -0.153. The molecule has 1 aromatic carbocycles. The molecular weight excluding hydrogens is 597 g/mol. The monoisotopic (exact) mass is 666 g/mol. The topological polar surface area (TPSA) is 63.2 Å². The minimum absolute atomic E-state index is 0.00854. The van der Waals surface area contributed by atoms with Crippen LogP contribution in [0.2, 0.25) is 36.3 Å². The van der Waals surface area contributed by atoms with Gasteiger partial charge in [0.1, 0.15) is 0 Å². The Kier molecular flexibility index (Phi) is 17.8. The van der Waals surface area contributed by atoms with Gasteiger partial charge in [0.05, 0.1) is 43.5 Å². The fourth-order valence-corrected chi connectivity index (χ4v) is 9.93. The Morgan fingerprint density at radius 2 is 1.42 bits per heavy atom. The maximum atomic E-state index is 12.6. The van der Waals surface area contributed by atoms with Gasteiger partial charge in [0, 0.05) is 19.4 Å². The first-order valence-electron chi connectivity index (χ1n) is 17.5. The predicted octanol–water partition coefficient (Wildman–Crippen LogP) is 10.0. The first-order valence-corrected chi connectivity index (χ1v) is 23.0. The molecular formula is C37H70O6Si2. The van der Waals surface area contributed by atoms with Crippen LogP contribution in [-0.2, 0) is 34.5 Å². The van der Waals surface area contributed by atoms with E-state index in [0.717, 1.165) is 31.0 Å². The molecule has 0 aliphatic heterocycles. The molecule has 0 saturated heterocycles. The summed E-state index contributed by atoms with van der Waals surface area (Å²) in [6.07, 6.45) is 2.51. The number of methoxy groups -OCH3 is 1. The van der Waals surface area contributed by atoms with Crippen molar-refractivity contribution >= 4 is 22.6 Å². The van der Waals surface area contributed by atoms with Crippen LogP contribution in [0.5, 0.6) is 0 Å². The standard InChI is InChI=1S/C37H70O6Si2/c1-15-45(16-2,17-3)42-33(25-26-41-35(38)36(6,7)8)30(5)34(43-44(13,14)37(9,10)11)29(4)23-24-32(39-12)28-40-27-31-21-19-18-20-22-31/h18-22,29-30,32-34H,15-17,23-28H2,1-14H3/t29-,30-,32+,33-,34-/m1/s1. The van der Waals surface area contributed by atoms with Gasteiger partial charge in [0.25, 0.3) is 0 Å². The van der Waals surface area contributed by atoms with Crippen LogP contribution in [0.15, 0.2) is 30.3 Å². The Balaban J connectivity index is 3.23. The number of carbonyl (C=O) groups is 1. The van der Waals surface area contributed by atoms with Crippen LogP contribution in [0.25, 0.3) is 0 Å². The van der Waals surface area contributed by atoms with Crippen LogP contribution in [-0.4, -0.2) is 61.2 Å². The highest BCUT2D eigenvalue weighted by Crippen LogP contribution is 2.41. The highest BCUT2D eigenvalue weighted by Gasteiger charge is 2.44. The van der Waals surface area contributed by atoms with Gasteiger partial charge >= 0.3 is 5.97 Å². The molecule has 0 amide bonds. The molecule has 0 N–H and O–H groups in total. The third-order valence-corrected chi connectivity index (χ3v) is 19.3. The van der Waals surface area contributed by atoms with E-state index < -0.39 is 22.0 Å². The van der Waals surface area contributed by atoms with Gasteiger partial charge in [-0.2, -0.15) is 0 Å². The van der Waals surface area contributed by atoms with E-state index in [-0.39, 0.29) is 41.2 Å². The molecule has 8 heteroatoms. The zero-order valence-electron chi connectivity index (χ0n) is 31.6. The molecule has 0 fully saturated rings. The largest absolute Gasteiger partial charge is 0.465 e. The lowest BCUT2D eigenvalue weighted by Gasteiger charge is -2.46. The van der Waals surface area contributed by atoms with E-state index in [9.17, 15) is 4.79 Å². The minimum Gasteiger partial charge on any atom is -0.465 e. The molecule has 0 saturated carbocycles. The minimum atomic E-state index is -2.11. The molecule has 262 valence electrons. The van der Waals surface area contributed by atoms with Crippen LogP contribution >= 0.6 is 0 Å². The van der Waals surface area contributed by atoms with E-state index in [2.05, 4.69) is 80.6 Å². The molecule has 0 aliphatic carbocycles. The van der Waals surface area contributed by atoms with Crippen molar-refractivity contribution in [3.05, 3.63) is 35.9 Å². The number of esters is 1. The Bertz CT molecular complexity index is 944. The van der Waals surface area contributed by atoms with Crippen LogP contribution < -0.4 is 0 Å². The number of benzene rings is 1. The van der Waals surface area contributed by atoms with Crippen molar-refractivity contribution in [2.75, 3.05) is 20.3 Å². The molecule has 5 atom stereocenters. The van der Waals surface area contributed by atoms with Gasteiger partial charge in [-0.3, -0.25) is 4.79 Å². The number of carbonyl (C=O) groups excluding carboxylic acids is 1. The fourth-order valence-electron chi connectivity index (χ4n) is 5.47. The maximum Gasteiger partial charge on any atom is 0.311 e. The number of hydrogen-bond donors (Lipinski definition) is 0. The van der Waals surface area contributed by atoms with Crippen LogP contribution in [0, 0.1) is 17.3 Å². The van der Waals surface area contributed by atoms with Crippen molar-refractivity contribution in [3.63, 3.8) is 0 Å². The molecule has 0 aromatic heterocycles. The van der Waals surface area contributed by atoms with Crippen molar-refractivity contribution in [1.29, 1.82) is 0 Å². The van der Waals surface area contributed by atoms with Gasteiger partial charge in [-0.1, -0.05) is 85.7 Å². The van der Waals surface area contributed by atoms with Crippen molar-refractivity contribution < 1.29 is 27.9 Å². The SMILES string of the molecule is CC[Si](CC)(CC)O[C@H](CCOC(=O)C(C)(C)C)[C@@H](C)[C@H](O[Si](C)(C)C(C)(C)C)[C@H](C)CC[C@@H](COCc1ccccc1)OC. The van der Waals surface area contributed by atoms with Crippen molar-refractivity contribution in [2.45, 2.75) is 157 Å². The molecule has 0 bridgehead atoms. The van der Waals surface area contributed by atoms with Crippen molar-refractivity contribution in [2.24, 2.45) is 17.3 Å². The van der Waals surface area contributed by atoms with Crippen LogP contribution in [0.3, 0.4) is 0 Å². The van der Waals surface area contributed by atoms with E-state index >= 15 is 0 Å². The molecule has 45 heavy (non-hydrogen) atoms. The summed E-state index contributed by atoms with van der Waals surface area (Å²) >= 11 is 0. The Morgan fingerprint density at radius 1 is 0.844 bits per heavy atom. The van der Waals surface area contributed by atoms with E-state index in [1.807, 2.05) is 39.0 Å². The summed E-state index contributed by atoms with van der Waals surface area (Å²) in [4.78, 5) is 12.6. The molecule has 6 nitrogen and oxygen atoms in total. The van der Waals surface area contributed by atoms with Crippen LogP contribution in [0.1, 0.15) is 101 Å². The summed E-state index contributed by atoms with van der Waals surface area (Å²) in [7, 11) is -2.27. The third kappa shape index (κ3) is 13.9. The second-order valence-electron chi connectivity index (χ2n) is 15.7. The average Bonchev–Trinajstić information content (AvgIpc) is 2.98. The van der Waals surface area contributed by atoms with Gasteiger partial charge in [-0.15, -0.1) is 0 Å². The van der Waals surface area contributed by atoms with Crippen LogP contribution in [0.4, 0.5) is 0 Å². The van der Waals surface area contributed by atoms with Gasteiger partial charge in [0.2, 0.25) is 0 Å². The second kappa shape index (κ2) is 19.1. The van der Waals surface area contributed by atoms with E-state index in [0.29, 0.717) is 26.2 Å². The quantitative estimate of drug-likeness (QED) is 0.0961. The summed E-state index contributed by atoms with van der Waals surface area (Å²) in [6, 6.07) is 13.5. The Labute approximate surface area is 279 Å². The smallest absolute Gasteiger partial charge is 0.311 e. The van der Waals surface area contributed by atoms with E-state index in [1.165, 1.54) is 5.56 Å². The van der Waals surface area contributed by atoms with Gasteiger partial charge in [0.15, 0.2) is 16.6 Å². The summed E-state index contributed by atoms with van der Waals surface area (Å²) in [5.41, 5.74) is 0.643. The van der Waals surface area contributed by atoms with Crippen molar-refractivity contribution in [3.8, 4) is 0 Å². The number of hydrogen-bond acceptors (Lipinski definition) is 6. The fraction of sp³-hybridized carbons (Fsp3) is 0.811. The molecule has 0 heterocycles. The summed E-state index contributed by atoms with van der Waals surface area (Å²) in [5.74, 6) is 0.251. The first kappa shape index (κ1) is 42.0. The molecule has 0 radical (unpaired) electrons. The number of ether oxygens (including phenoxy) is 3. The normalized spacial score (nSPS) is 16.6. The molecule has 1 rings (SSSR count). The van der Waals surface area contributed by atoms with Gasteiger partial charge < -0.3 is 23.1 Å². The summed E-state index contributed by atoms with van der Waals surface area (Å²) in [5, 5.41) is 0.0817. The van der Waals surface area contributed by atoms with Gasteiger partial charge in [-0.05, 0) is 81.4 Å². The molecule has 0 aliphatic rings. The van der Waals surface area contributed by atoms with E-state index in [4.69, 9.17) is 23.1 Å². The molecule has 0 spiro atoms. The highest BCUT2D eigenvalue weighted by molar-refractivity contribution is 6.74. The highest BCUT2D eigenvalue weighted by atomic mass is 28.4. The molecule has 1 aromatic rings. The third-order valence-electron chi connectivity index (χ3n) is 10.2. The summed E-state index contributed by atoms with van der Waals surface area (Å²) in [6.45, 7) is 30.3. The maximum absolute atomic E-state index is 12.6. The Morgan fingerprint density at radius 3 is 1.91 bits per heavy atom. The number of rotatable bonds is 21. The molecule has 0 unspecified atom stereocenters. The van der Waals surface area contributed by atoms with Gasteiger partial charge in [-0.25, -0.2) is 0 Å². The second-order valence-corrected chi connectivity index (χ2v) is 25.2.